The Labute approximate surface area is 145 Å². The zero-order valence-corrected chi connectivity index (χ0v) is 13.8. The topological polar surface area (TPSA) is 72.7 Å². The van der Waals surface area contributed by atoms with E-state index in [1.807, 2.05) is 0 Å². The Morgan fingerprint density at radius 1 is 1.25 bits per heavy atom. The van der Waals surface area contributed by atoms with Crippen molar-refractivity contribution in [2.45, 2.75) is 0 Å². The molecule has 3 rings (SSSR count). The zero-order valence-electron chi connectivity index (χ0n) is 12.2. The van der Waals surface area contributed by atoms with Crippen molar-refractivity contribution in [1.29, 1.82) is 0 Å². The second-order valence-corrected chi connectivity index (χ2v) is 5.71. The van der Waals surface area contributed by atoms with Gasteiger partial charge in [0.15, 0.2) is 0 Å². The van der Waals surface area contributed by atoms with Crippen LogP contribution in [0.15, 0.2) is 59.3 Å². The van der Waals surface area contributed by atoms with Crippen molar-refractivity contribution in [1.82, 2.24) is 20.2 Å². The number of carbonyl (C=O) groups excluding carboxylic acids is 1. The van der Waals surface area contributed by atoms with Crippen LogP contribution in [0.3, 0.4) is 0 Å². The van der Waals surface area contributed by atoms with E-state index in [1.54, 1.807) is 36.4 Å². The minimum atomic E-state index is -0.400. The molecule has 1 heterocycles. The fourth-order valence-electron chi connectivity index (χ4n) is 2.00. The summed E-state index contributed by atoms with van der Waals surface area (Å²) in [5, 5.41) is 13.6. The number of nitrogens with zero attached hydrogens (tertiary/aromatic N) is 4. The van der Waals surface area contributed by atoms with Crippen LogP contribution in [-0.4, -0.2) is 26.1 Å². The van der Waals surface area contributed by atoms with Crippen LogP contribution in [0.4, 0.5) is 10.1 Å². The number of nitrogens with one attached hydrogen (secondary N) is 1. The van der Waals surface area contributed by atoms with Gasteiger partial charge in [0.05, 0.1) is 5.69 Å². The second kappa shape index (κ2) is 7.14. The molecular weight excluding hydrogens is 377 g/mol. The summed E-state index contributed by atoms with van der Waals surface area (Å²) in [7, 11) is 0. The Balaban J connectivity index is 1.72. The lowest BCUT2D eigenvalue weighted by Gasteiger charge is -2.05. The Bertz CT molecular complexity index is 895. The van der Waals surface area contributed by atoms with Gasteiger partial charge in [0, 0.05) is 21.8 Å². The number of rotatable bonds is 4. The molecule has 0 aliphatic carbocycles. The van der Waals surface area contributed by atoms with E-state index in [-0.39, 0.29) is 5.91 Å². The third-order valence-electron chi connectivity index (χ3n) is 3.10. The molecule has 0 spiro atoms. The van der Waals surface area contributed by atoms with Crippen molar-refractivity contribution in [2.24, 2.45) is 0 Å². The predicted molar refractivity (Wildman–Crippen MR) is 90.9 cm³/mol. The maximum Gasteiger partial charge on any atom is 0.248 e. The zero-order chi connectivity index (χ0) is 16.9. The van der Waals surface area contributed by atoms with Gasteiger partial charge in [0.25, 0.3) is 0 Å². The van der Waals surface area contributed by atoms with E-state index < -0.39 is 5.82 Å². The van der Waals surface area contributed by atoms with Crippen LogP contribution in [0.25, 0.3) is 11.8 Å². The number of carbonyl (C=O) groups is 1. The molecule has 0 aliphatic rings. The van der Waals surface area contributed by atoms with E-state index in [0.717, 1.165) is 4.47 Å². The summed E-state index contributed by atoms with van der Waals surface area (Å²) in [6.07, 6.45) is 4.14. The highest BCUT2D eigenvalue weighted by atomic mass is 79.9. The van der Waals surface area contributed by atoms with Crippen molar-refractivity contribution in [3.05, 3.63) is 70.7 Å². The summed E-state index contributed by atoms with van der Waals surface area (Å²) in [4.78, 5) is 12.0. The van der Waals surface area contributed by atoms with E-state index in [9.17, 15) is 9.18 Å². The average Bonchev–Trinajstić information content (AvgIpc) is 3.10. The van der Waals surface area contributed by atoms with Crippen LogP contribution in [0.5, 0.6) is 0 Å². The summed E-state index contributed by atoms with van der Waals surface area (Å²) in [5.41, 5.74) is 1.61. The number of hydrogen-bond donors (Lipinski definition) is 1. The molecule has 6 nitrogen and oxygen atoms in total. The third kappa shape index (κ3) is 3.90. The highest BCUT2D eigenvalue weighted by Gasteiger charge is 2.03. The standard InChI is InChI=1S/C16H11BrFN5O/c17-12-5-6-15(18)11(8-12)4-7-16(24)20-13-2-1-3-14(9-13)23-10-19-21-22-23/h1-10H,(H,20,24)/b7-4+. The number of halogens is 2. The van der Waals surface area contributed by atoms with Crippen molar-refractivity contribution >= 4 is 33.6 Å². The number of anilines is 1. The first-order valence-corrected chi connectivity index (χ1v) is 7.69. The van der Waals surface area contributed by atoms with Gasteiger partial charge in [-0.15, -0.1) is 5.10 Å². The largest absolute Gasteiger partial charge is 0.322 e. The first-order chi connectivity index (χ1) is 11.6. The van der Waals surface area contributed by atoms with Gasteiger partial charge in [-0.25, -0.2) is 9.07 Å². The van der Waals surface area contributed by atoms with E-state index in [4.69, 9.17) is 0 Å². The van der Waals surface area contributed by atoms with Crippen LogP contribution in [0.2, 0.25) is 0 Å². The van der Waals surface area contributed by atoms with Crippen molar-refractivity contribution in [2.75, 3.05) is 5.32 Å². The summed E-state index contributed by atoms with van der Waals surface area (Å²) in [6, 6.07) is 11.6. The van der Waals surface area contributed by atoms with Gasteiger partial charge in [-0.3, -0.25) is 4.79 Å². The summed E-state index contributed by atoms with van der Waals surface area (Å²) < 4.78 is 15.8. The number of benzene rings is 2. The molecule has 0 fully saturated rings. The number of amides is 1. The highest BCUT2D eigenvalue weighted by Crippen LogP contribution is 2.17. The first-order valence-electron chi connectivity index (χ1n) is 6.89. The summed E-state index contributed by atoms with van der Waals surface area (Å²) >= 11 is 3.26. The van der Waals surface area contributed by atoms with Gasteiger partial charge in [-0.2, -0.15) is 0 Å². The molecule has 0 saturated heterocycles. The molecule has 0 unspecified atom stereocenters. The molecular formula is C16H11BrFN5O. The molecule has 8 heteroatoms. The van der Waals surface area contributed by atoms with Crippen molar-refractivity contribution in [3.8, 4) is 5.69 Å². The predicted octanol–water partition coefficient (Wildman–Crippen LogP) is 3.22. The van der Waals surface area contributed by atoms with E-state index in [0.29, 0.717) is 16.9 Å². The summed E-state index contributed by atoms with van der Waals surface area (Å²) in [6.45, 7) is 0. The quantitative estimate of drug-likeness (QED) is 0.697. The van der Waals surface area contributed by atoms with E-state index >= 15 is 0 Å². The van der Waals surface area contributed by atoms with Crippen LogP contribution in [0, 0.1) is 5.82 Å². The third-order valence-corrected chi connectivity index (χ3v) is 3.59. The average molecular weight is 388 g/mol. The lowest BCUT2D eigenvalue weighted by molar-refractivity contribution is -0.111. The van der Waals surface area contributed by atoms with Gasteiger partial charge < -0.3 is 5.32 Å². The van der Waals surface area contributed by atoms with Crippen LogP contribution in [0.1, 0.15) is 5.56 Å². The molecule has 0 bridgehead atoms. The molecule has 1 aromatic heterocycles. The van der Waals surface area contributed by atoms with Crippen molar-refractivity contribution in [3.63, 3.8) is 0 Å². The molecule has 1 N–H and O–H groups in total. The van der Waals surface area contributed by atoms with Gasteiger partial charge in [-0.05, 0) is 52.9 Å². The molecule has 2 aromatic carbocycles. The van der Waals surface area contributed by atoms with Crippen LogP contribution in [-0.2, 0) is 4.79 Å². The van der Waals surface area contributed by atoms with Gasteiger partial charge in [0.2, 0.25) is 5.91 Å². The summed E-state index contributed by atoms with van der Waals surface area (Å²) in [5.74, 6) is -0.772. The molecule has 0 radical (unpaired) electrons. The van der Waals surface area contributed by atoms with Gasteiger partial charge in [-0.1, -0.05) is 22.0 Å². The van der Waals surface area contributed by atoms with Gasteiger partial charge >= 0.3 is 0 Å². The molecule has 0 saturated carbocycles. The lowest BCUT2D eigenvalue weighted by Crippen LogP contribution is -2.08. The monoisotopic (exact) mass is 387 g/mol. The minimum absolute atomic E-state index is 0.321. The molecule has 0 atom stereocenters. The van der Waals surface area contributed by atoms with E-state index in [1.165, 1.54) is 29.2 Å². The molecule has 0 aliphatic heterocycles. The SMILES string of the molecule is O=C(/C=C/c1cc(Br)ccc1F)Nc1cccc(-n2cnnn2)c1. The second-order valence-electron chi connectivity index (χ2n) is 4.79. The van der Waals surface area contributed by atoms with Gasteiger partial charge in [0.1, 0.15) is 12.1 Å². The Morgan fingerprint density at radius 2 is 2.12 bits per heavy atom. The molecule has 3 aromatic rings. The molecule has 24 heavy (non-hydrogen) atoms. The maximum atomic E-state index is 13.6. The smallest absolute Gasteiger partial charge is 0.248 e. The Morgan fingerprint density at radius 3 is 2.92 bits per heavy atom. The maximum absolute atomic E-state index is 13.6. The number of tetrazole rings is 1. The highest BCUT2D eigenvalue weighted by molar-refractivity contribution is 9.10. The first kappa shape index (κ1) is 16.0. The molecule has 1 amide bonds. The number of hydrogen-bond acceptors (Lipinski definition) is 4. The number of aromatic nitrogens is 4. The molecule has 120 valence electrons. The van der Waals surface area contributed by atoms with Crippen LogP contribution < -0.4 is 5.32 Å². The Hall–Kier alpha value is -2.87. The Kier molecular flexibility index (Phi) is 4.76. The minimum Gasteiger partial charge on any atom is -0.322 e. The fraction of sp³-hybridized carbons (Fsp3) is 0. The fourth-order valence-corrected chi connectivity index (χ4v) is 2.38. The van der Waals surface area contributed by atoms with E-state index in [2.05, 4.69) is 36.8 Å². The van der Waals surface area contributed by atoms with Crippen LogP contribution >= 0.6 is 15.9 Å². The van der Waals surface area contributed by atoms with Crippen molar-refractivity contribution < 1.29 is 9.18 Å². The lowest BCUT2D eigenvalue weighted by atomic mass is 10.2. The normalized spacial score (nSPS) is 10.9.